The number of aromatic nitrogens is 1. The van der Waals surface area contributed by atoms with Crippen molar-refractivity contribution in [3.63, 3.8) is 0 Å². The Bertz CT molecular complexity index is 1650. The van der Waals surface area contributed by atoms with Gasteiger partial charge < -0.3 is 24.8 Å². The molecule has 38 heavy (non-hydrogen) atoms. The molecule has 4 aromatic rings. The van der Waals surface area contributed by atoms with Crippen LogP contribution in [0.15, 0.2) is 78.1 Å². The van der Waals surface area contributed by atoms with Gasteiger partial charge in [0.2, 0.25) is 0 Å². The van der Waals surface area contributed by atoms with Crippen LogP contribution in [0.2, 0.25) is 0 Å². The molecule has 2 aliphatic rings. The van der Waals surface area contributed by atoms with Crippen LogP contribution in [-0.4, -0.2) is 58.8 Å². The van der Waals surface area contributed by atoms with Crippen LogP contribution in [0.25, 0.3) is 21.8 Å². The topological polar surface area (TPSA) is 113 Å². The van der Waals surface area contributed by atoms with Crippen LogP contribution in [0, 0.1) is 0 Å². The predicted molar refractivity (Wildman–Crippen MR) is 143 cm³/mol. The van der Waals surface area contributed by atoms with Crippen molar-refractivity contribution in [3.05, 3.63) is 84.3 Å². The van der Waals surface area contributed by atoms with Gasteiger partial charge in [-0.2, -0.15) is 0 Å². The smallest absolute Gasteiger partial charge is 0.257 e. The molecule has 0 saturated carbocycles. The standard InChI is InChI=1S/C29H24N4O5/c1-37-25-13-22-24(31-15-19-12-20(34)16-33(19)29(22)36)14-26(25)38-10-9-30-28(35)21-7-4-6-18-11-17-5-2-3-8-23(17)32-27(18)21/h2-11,13-15,19-20,34H,12,16H2,1H3,(H,30,35)/b10-9+/t19-,20?/m0/s1. The monoisotopic (exact) mass is 508 g/mol. The molecular formula is C29H24N4O5. The Hall–Kier alpha value is -4.76. The summed E-state index contributed by atoms with van der Waals surface area (Å²) in [5.74, 6) is 0.127. The quantitative estimate of drug-likeness (QED) is 0.312. The lowest BCUT2D eigenvalue weighted by Gasteiger charge is -2.20. The van der Waals surface area contributed by atoms with Gasteiger partial charge in [0.05, 0.1) is 47.1 Å². The number of rotatable bonds is 5. The van der Waals surface area contributed by atoms with Gasteiger partial charge in [0.1, 0.15) is 6.26 Å². The zero-order chi connectivity index (χ0) is 26.2. The van der Waals surface area contributed by atoms with E-state index in [1.807, 2.05) is 42.5 Å². The molecule has 3 aromatic carbocycles. The highest BCUT2D eigenvalue weighted by atomic mass is 16.5. The summed E-state index contributed by atoms with van der Waals surface area (Å²) in [7, 11) is 1.48. The number of amides is 2. The fourth-order valence-electron chi connectivity index (χ4n) is 4.90. The summed E-state index contributed by atoms with van der Waals surface area (Å²) < 4.78 is 11.2. The van der Waals surface area contributed by atoms with Gasteiger partial charge in [-0.1, -0.05) is 30.3 Å². The minimum absolute atomic E-state index is 0.219. The molecule has 0 aliphatic carbocycles. The number of benzene rings is 3. The number of aliphatic hydroxyl groups excluding tert-OH is 1. The Balaban J connectivity index is 1.21. The molecule has 1 aromatic heterocycles. The zero-order valence-corrected chi connectivity index (χ0v) is 20.5. The van der Waals surface area contributed by atoms with E-state index in [-0.39, 0.29) is 24.4 Å². The number of hydrogen-bond acceptors (Lipinski definition) is 7. The largest absolute Gasteiger partial charge is 0.493 e. The maximum atomic E-state index is 13.1. The lowest BCUT2D eigenvalue weighted by molar-refractivity contribution is 0.0749. The summed E-state index contributed by atoms with van der Waals surface area (Å²) >= 11 is 0. The van der Waals surface area contributed by atoms with Crippen molar-refractivity contribution in [2.75, 3.05) is 13.7 Å². The minimum atomic E-state index is -0.564. The Morgan fingerprint density at radius 1 is 1.11 bits per heavy atom. The second-order valence-corrected chi connectivity index (χ2v) is 9.17. The molecule has 190 valence electrons. The third-order valence-corrected chi connectivity index (χ3v) is 6.75. The first-order chi connectivity index (χ1) is 18.5. The molecule has 2 N–H and O–H groups in total. The normalized spacial score (nSPS) is 18.5. The summed E-state index contributed by atoms with van der Waals surface area (Å²) in [6.45, 7) is 0.264. The molecule has 1 fully saturated rings. The molecule has 6 rings (SSSR count). The molecule has 2 aliphatic heterocycles. The fourth-order valence-corrected chi connectivity index (χ4v) is 4.90. The highest BCUT2D eigenvalue weighted by molar-refractivity contribution is 6.08. The molecule has 1 saturated heterocycles. The average Bonchev–Trinajstić information content (AvgIpc) is 3.27. The van der Waals surface area contributed by atoms with E-state index in [1.54, 1.807) is 29.3 Å². The van der Waals surface area contributed by atoms with E-state index in [0.717, 1.165) is 16.3 Å². The zero-order valence-electron chi connectivity index (χ0n) is 20.5. The van der Waals surface area contributed by atoms with Crippen molar-refractivity contribution >= 4 is 45.5 Å². The Morgan fingerprint density at radius 2 is 1.95 bits per heavy atom. The van der Waals surface area contributed by atoms with E-state index >= 15 is 0 Å². The van der Waals surface area contributed by atoms with Crippen molar-refractivity contribution in [1.82, 2.24) is 15.2 Å². The van der Waals surface area contributed by atoms with Crippen molar-refractivity contribution in [2.24, 2.45) is 4.99 Å². The number of nitrogens with one attached hydrogen (secondary N) is 1. The maximum Gasteiger partial charge on any atom is 0.257 e. The van der Waals surface area contributed by atoms with Crippen LogP contribution in [-0.2, 0) is 0 Å². The number of para-hydroxylation sites is 2. The Kier molecular flexibility index (Phi) is 5.97. The lowest BCUT2D eigenvalue weighted by Crippen LogP contribution is -2.35. The van der Waals surface area contributed by atoms with E-state index < -0.39 is 6.10 Å². The molecular weight excluding hydrogens is 484 g/mol. The van der Waals surface area contributed by atoms with E-state index in [0.29, 0.717) is 40.3 Å². The summed E-state index contributed by atoms with van der Waals surface area (Å²) in [6, 6.07) is 18.2. The molecule has 0 spiro atoms. The number of ether oxygens (including phenoxy) is 2. The Labute approximate surface area is 218 Å². The first-order valence-electron chi connectivity index (χ1n) is 12.2. The number of methoxy groups -OCH3 is 1. The number of aliphatic hydroxyl groups is 1. The SMILES string of the molecule is COc1cc2c(cc1O/C=C/NC(=O)c1cccc3cc4ccccc4nc13)N=C[C@@H]1CC(O)CN1C2=O. The minimum Gasteiger partial charge on any atom is -0.493 e. The number of pyridine rings is 1. The van der Waals surface area contributed by atoms with Crippen LogP contribution in [0.4, 0.5) is 5.69 Å². The van der Waals surface area contributed by atoms with Crippen molar-refractivity contribution < 1.29 is 24.2 Å². The predicted octanol–water partition coefficient (Wildman–Crippen LogP) is 3.97. The van der Waals surface area contributed by atoms with Gasteiger partial charge in [-0.15, -0.1) is 0 Å². The van der Waals surface area contributed by atoms with Gasteiger partial charge in [-0.25, -0.2) is 4.98 Å². The Morgan fingerprint density at radius 3 is 2.82 bits per heavy atom. The number of carbonyl (C=O) groups is 2. The lowest BCUT2D eigenvalue weighted by atomic mass is 10.1. The summed E-state index contributed by atoms with van der Waals surface area (Å²) in [5.41, 5.74) is 2.68. The molecule has 2 amide bonds. The van der Waals surface area contributed by atoms with Gasteiger partial charge in [0.15, 0.2) is 11.5 Å². The van der Waals surface area contributed by atoms with Crippen molar-refractivity contribution in [3.8, 4) is 11.5 Å². The molecule has 3 heterocycles. The van der Waals surface area contributed by atoms with Gasteiger partial charge >= 0.3 is 0 Å². The third-order valence-electron chi connectivity index (χ3n) is 6.75. The molecule has 2 atom stereocenters. The highest BCUT2D eigenvalue weighted by Crippen LogP contribution is 2.38. The number of carbonyl (C=O) groups excluding carboxylic acids is 2. The van der Waals surface area contributed by atoms with Crippen molar-refractivity contribution in [1.29, 1.82) is 0 Å². The number of fused-ring (bicyclic) bond motifs is 4. The molecule has 0 radical (unpaired) electrons. The van der Waals surface area contributed by atoms with E-state index in [9.17, 15) is 14.7 Å². The fraction of sp³-hybridized carbons (Fsp3) is 0.172. The number of hydrogen-bond donors (Lipinski definition) is 2. The average molecular weight is 509 g/mol. The molecule has 0 bridgehead atoms. The van der Waals surface area contributed by atoms with E-state index in [2.05, 4.69) is 15.3 Å². The van der Waals surface area contributed by atoms with Gasteiger partial charge in [-0.3, -0.25) is 14.6 Å². The van der Waals surface area contributed by atoms with Gasteiger partial charge in [-0.05, 0) is 24.3 Å². The van der Waals surface area contributed by atoms with Crippen molar-refractivity contribution in [2.45, 2.75) is 18.6 Å². The summed E-state index contributed by atoms with van der Waals surface area (Å²) in [4.78, 5) is 36.8. The van der Waals surface area contributed by atoms with Crippen LogP contribution in [0.1, 0.15) is 27.1 Å². The van der Waals surface area contributed by atoms with Gasteiger partial charge in [0, 0.05) is 42.2 Å². The molecule has 9 heteroatoms. The van der Waals surface area contributed by atoms with Gasteiger partial charge in [0.25, 0.3) is 11.8 Å². The number of aliphatic imine (C=N–C) groups is 1. The first-order valence-corrected chi connectivity index (χ1v) is 12.2. The summed E-state index contributed by atoms with van der Waals surface area (Å²) in [6.07, 6.45) is 4.28. The van der Waals surface area contributed by atoms with Crippen LogP contribution in [0.5, 0.6) is 11.5 Å². The second-order valence-electron chi connectivity index (χ2n) is 9.17. The van der Waals surface area contributed by atoms with Crippen LogP contribution in [0.3, 0.4) is 0 Å². The van der Waals surface area contributed by atoms with Crippen LogP contribution >= 0.6 is 0 Å². The highest BCUT2D eigenvalue weighted by Gasteiger charge is 2.36. The van der Waals surface area contributed by atoms with Crippen LogP contribution < -0.4 is 14.8 Å². The molecule has 1 unspecified atom stereocenters. The second kappa shape index (κ2) is 9.60. The third kappa shape index (κ3) is 4.22. The van der Waals surface area contributed by atoms with E-state index in [1.165, 1.54) is 19.6 Å². The number of nitrogens with zero attached hydrogens (tertiary/aromatic N) is 3. The summed E-state index contributed by atoms with van der Waals surface area (Å²) in [5, 5.41) is 14.5. The first kappa shape index (κ1) is 23.6. The van der Waals surface area contributed by atoms with E-state index in [4.69, 9.17) is 9.47 Å². The molecule has 9 nitrogen and oxygen atoms in total. The maximum absolute atomic E-state index is 13.1.